The van der Waals surface area contributed by atoms with Crippen LogP contribution in [0.2, 0.25) is 0 Å². The zero-order valence-corrected chi connectivity index (χ0v) is 14.2. The van der Waals surface area contributed by atoms with Crippen molar-refractivity contribution in [1.29, 1.82) is 0 Å². The number of rotatable bonds is 3. The number of hydrogen-bond donors (Lipinski definition) is 2. The van der Waals surface area contributed by atoms with Crippen molar-refractivity contribution < 1.29 is 5.11 Å². The van der Waals surface area contributed by atoms with Crippen LogP contribution in [0.4, 0.5) is 5.69 Å². The Morgan fingerprint density at radius 3 is 2.29 bits per heavy atom. The Hall–Kier alpha value is -1.80. The minimum absolute atomic E-state index is 0.194. The Morgan fingerprint density at radius 2 is 1.50 bits per heavy atom. The summed E-state index contributed by atoms with van der Waals surface area (Å²) >= 11 is 0. The van der Waals surface area contributed by atoms with Crippen LogP contribution in [0.15, 0.2) is 54.6 Å². The minimum Gasteiger partial charge on any atom is -0.387 e. The molecule has 2 N–H and O–H groups in total. The summed E-state index contributed by atoms with van der Waals surface area (Å²) in [7, 11) is 0. The average Bonchev–Trinajstić information content (AvgIpc) is 2.64. The van der Waals surface area contributed by atoms with Gasteiger partial charge in [-0.05, 0) is 54.9 Å². The molecule has 2 heteroatoms. The lowest BCUT2D eigenvalue weighted by Gasteiger charge is -2.49. The van der Waals surface area contributed by atoms with Crippen molar-refractivity contribution >= 4 is 5.69 Å². The van der Waals surface area contributed by atoms with E-state index in [0.717, 1.165) is 24.9 Å². The molecule has 2 aromatic rings. The highest BCUT2D eigenvalue weighted by atomic mass is 16.3. The molecule has 0 saturated heterocycles. The number of hydrogen-bond acceptors (Lipinski definition) is 2. The van der Waals surface area contributed by atoms with E-state index in [4.69, 9.17) is 0 Å². The number of benzene rings is 2. The highest BCUT2D eigenvalue weighted by Gasteiger charge is 2.47. The van der Waals surface area contributed by atoms with Crippen molar-refractivity contribution in [1.82, 2.24) is 0 Å². The fraction of sp³-hybridized carbons (Fsp3) is 0.455. The molecule has 0 bridgehead atoms. The molecule has 2 nitrogen and oxygen atoms in total. The van der Waals surface area contributed by atoms with Crippen molar-refractivity contribution in [2.45, 2.75) is 56.6 Å². The third-order valence-electron chi connectivity index (χ3n) is 6.07. The first kappa shape index (κ1) is 15.7. The summed E-state index contributed by atoms with van der Waals surface area (Å²) in [4.78, 5) is 0. The van der Waals surface area contributed by atoms with Crippen LogP contribution in [-0.4, -0.2) is 16.7 Å². The molecular formula is C22H27NO. The molecule has 2 saturated carbocycles. The van der Waals surface area contributed by atoms with E-state index in [-0.39, 0.29) is 6.04 Å². The molecule has 0 heterocycles. The molecule has 126 valence electrons. The smallest absolute Gasteiger partial charge is 0.0875 e. The molecule has 0 unspecified atom stereocenters. The predicted octanol–water partition coefficient (Wildman–Crippen LogP) is 5.24. The zero-order chi connectivity index (χ0) is 16.4. The van der Waals surface area contributed by atoms with E-state index >= 15 is 0 Å². The maximum absolute atomic E-state index is 11.3. The van der Waals surface area contributed by atoms with E-state index in [9.17, 15) is 5.11 Å². The molecule has 2 fully saturated rings. The summed E-state index contributed by atoms with van der Waals surface area (Å²) in [5.74, 6) is 0.487. The molecule has 4 rings (SSSR count). The third kappa shape index (κ3) is 2.95. The largest absolute Gasteiger partial charge is 0.387 e. The SMILES string of the molecule is O[C@]12CCCC[C@@H]1CCC[C@H]2Nc1ccc(-c2ccccc2)cc1. The van der Waals surface area contributed by atoms with Gasteiger partial charge in [0.1, 0.15) is 0 Å². The summed E-state index contributed by atoms with van der Waals surface area (Å²) < 4.78 is 0. The van der Waals surface area contributed by atoms with Gasteiger partial charge in [-0.25, -0.2) is 0 Å². The molecule has 2 aliphatic carbocycles. The number of anilines is 1. The first-order valence-electron chi connectivity index (χ1n) is 9.40. The molecule has 0 aliphatic heterocycles. The summed E-state index contributed by atoms with van der Waals surface area (Å²) in [5.41, 5.74) is 3.10. The van der Waals surface area contributed by atoms with Crippen LogP contribution >= 0.6 is 0 Å². The van der Waals surface area contributed by atoms with Gasteiger partial charge in [0.15, 0.2) is 0 Å². The summed E-state index contributed by atoms with van der Waals surface area (Å²) in [5, 5.41) is 14.9. The van der Waals surface area contributed by atoms with Crippen LogP contribution in [0.5, 0.6) is 0 Å². The van der Waals surface area contributed by atoms with Crippen LogP contribution in [0.25, 0.3) is 11.1 Å². The van der Waals surface area contributed by atoms with E-state index in [0.29, 0.717) is 5.92 Å². The van der Waals surface area contributed by atoms with E-state index in [1.165, 1.54) is 36.8 Å². The first-order chi connectivity index (χ1) is 11.8. The molecule has 0 spiro atoms. The van der Waals surface area contributed by atoms with Gasteiger partial charge in [-0.2, -0.15) is 0 Å². The Morgan fingerprint density at radius 1 is 0.792 bits per heavy atom. The second-order valence-electron chi connectivity index (χ2n) is 7.51. The van der Waals surface area contributed by atoms with Gasteiger partial charge >= 0.3 is 0 Å². The summed E-state index contributed by atoms with van der Waals surface area (Å²) in [6.45, 7) is 0. The fourth-order valence-corrected chi connectivity index (χ4v) is 4.71. The monoisotopic (exact) mass is 321 g/mol. The van der Waals surface area contributed by atoms with Gasteiger partial charge in [0.25, 0.3) is 0 Å². The summed E-state index contributed by atoms with van der Waals surface area (Å²) in [6.07, 6.45) is 8.10. The minimum atomic E-state index is -0.505. The van der Waals surface area contributed by atoms with Crippen LogP contribution in [-0.2, 0) is 0 Å². The fourth-order valence-electron chi connectivity index (χ4n) is 4.71. The lowest BCUT2D eigenvalue weighted by atomic mass is 9.65. The van der Waals surface area contributed by atoms with Gasteiger partial charge in [0, 0.05) is 5.69 Å². The second kappa shape index (κ2) is 6.60. The Balaban J connectivity index is 1.50. The standard InChI is InChI=1S/C22H27NO/c24-22-16-5-4-9-19(22)10-6-11-21(22)23-20-14-12-18(13-15-20)17-7-2-1-3-8-17/h1-3,7-8,12-15,19,21,23-24H,4-6,9-11,16H2/t19-,21-,22-/m1/s1. The Labute approximate surface area is 144 Å². The summed E-state index contributed by atoms with van der Waals surface area (Å²) in [6, 6.07) is 19.3. The van der Waals surface area contributed by atoms with Crippen LogP contribution in [0.1, 0.15) is 44.9 Å². The van der Waals surface area contributed by atoms with Gasteiger partial charge in [0.05, 0.1) is 11.6 Å². The number of fused-ring (bicyclic) bond motifs is 1. The lowest BCUT2D eigenvalue weighted by Crippen LogP contribution is -2.56. The molecule has 2 aliphatic rings. The van der Waals surface area contributed by atoms with Crippen molar-refractivity contribution in [3.8, 4) is 11.1 Å². The zero-order valence-electron chi connectivity index (χ0n) is 14.2. The Bertz CT molecular complexity index is 664. The van der Waals surface area contributed by atoms with Crippen LogP contribution in [0, 0.1) is 5.92 Å². The molecule has 2 aromatic carbocycles. The van der Waals surface area contributed by atoms with E-state index in [2.05, 4.69) is 53.8 Å². The highest BCUT2D eigenvalue weighted by molar-refractivity contribution is 5.66. The second-order valence-corrected chi connectivity index (χ2v) is 7.51. The van der Waals surface area contributed by atoms with Crippen LogP contribution in [0.3, 0.4) is 0 Å². The lowest BCUT2D eigenvalue weighted by molar-refractivity contribution is -0.0835. The van der Waals surface area contributed by atoms with E-state index in [1.54, 1.807) is 0 Å². The van der Waals surface area contributed by atoms with Crippen molar-refractivity contribution in [2.75, 3.05) is 5.32 Å². The number of aliphatic hydroxyl groups is 1. The third-order valence-corrected chi connectivity index (χ3v) is 6.07. The maximum atomic E-state index is 11.3. The molecule has 0 radical (unpaired) electrons. The molecule has 3 atom stereocenters. The topological polar surface area (TPSA) is 32.3 Å². The number of nitrogens with one attached hydrogen (secondary N) is 1. The molecule has 0 amide bonds. The van der Waals surface area contributed by atoms with Gasteiger partial charge in [0.2, 0.25) is 0 Å². The normalized spacial score (nSPS) is 29.7. The van der Waals surface area contributed by atoms with E-state index in [1.807, 2.05) is 6.07 Å². The van der Waals surface area contributed by atoms with Crippen molar-refractivity contribution in [2.24, 2.45) is 5.92 Å². The molecular weight excluding hydrogens is 294 g/mol. The van der Waals surface area contributed by atoms with Gasteiger partial charge in [-0.15, -0.1) is 0 Å². The van der Waals surface area contributed by atoms with Crippen molar-refractivity contribution in [3.63, 3.8) is 0 Å². The predicted molar refractivity (Wildman–Crippen MR) is 100 cm³/mol. The highest BCUT2D eigenvalue weighted by Crippen LogP contribution is 2.44. The van der Waals surface area contributed by atoms with Gasteiger partial charge < -0.3 is 10.4 Å². The average molecular weight is 321 g/mol. The van der Waals surface area contributed by atoms with E-state index < -0.39 is 5.60 Å². The maximum Gasteiger partial charge on any atom is 0.0875 e. The first-order valence-corrected chi connectivity index (χ1v) is 9.40. The molecule has 24 heavy (non-hydrogen) atoms. The quantitative estimate of drug-likeness (QED) is 0.810. The van der Waals surface area contributed by atoms with Crippen LogP contribution < -0.4 is 5.32 Å². The van der Waals surface area contributed by atoms with Gasteiger partial charge in [-0.3, -0.25) is 0 Å². The van der Waals surface area contributed by atoms with Crippen molar-refractivity contribution in [3.05, 3.63) is 54.6 Å². The Kier molecular flexibility index (Phi) is 4.32. The van der Waals surface area contributed by atoms with Gasteiger partial charge in [-0.1, -0.05) is 61.7 Å². The molecule has 0 aromatic heterocycles.